The van der Waals surface area contributed by atoms with Crippen LogP contribution >= 0.6 is 27.7 Å². The second-order valence-electron chi connectivity index (χ2n) is 3.93. The molecule has 0 heterocycles. The molecule has 0 radical (unpaired) electrons. The molecular weight excluding hydrogens is 329 g/mol. The van der Waals surface area contributed by atoms with Gasteiger partial charge in [0.25, 0.3) is 0 Å². The van der Waals surface area contributed by atoms with Gasteiger partial charge in [-0.3, -0.25) is 0 Å². The minimum atomic E-state index is -0.249. The number of benzene rings is 2. The highest BCUT2D eigenvalue weighted by atomic mass is 79.9. The first-order chi connectivity index (χ1) is 9.10. The number of hydrogen-bond donors (Lipinski definition) is 1. The fourth-order valence-corrected chi connectivity index (χ4v) is 3.23. The normalized spacial score (nSPS) is 10.5. The lowest BCUT2D eigenvalue weighted by molar-refractivity contribution is 0.414. The van der Waals surface area contributed by atoms with Gasteiger partial charge in [0, 0.05) is 20.8 Å². The Balaban J connectivity index is 2.14. The van der Waals surface area contributed by atoms with E-state index in [0.29, 0.717) is 11.4 Å². The van der Waals surface area contributed by atoms with Crippen molar-refractivity contribution in [1.29, 1.82) is 0 Å². The molecule has 0 fully saturated rings. The van der Waals surface area contributed by atoms with E-state index in [2.05, 4.69) is 15.9 Å². The monoisotopic (exact) mass is 341 g/mol. The molecule has 0 aliphatic carbocycles. The second kappa shape index (κ2) is 6.30. The van der Waals surface area contributed by atoms with Crippen LogP contribution in [0.2, 0.25) is 0 Å². The summed E-state index contributed by atoms with van der Waals surface area (Å²) in [5.74, 6) is 1.23. The maximum atomic E-state index is 13.0. The minimum absolute atomic E-state index is 0.249. The van der Waals surface area contributed by atoms with E-state index >= 15 is 0 Å². The highest BCUT2D eigenvalue weighted by molar-refractivity contribution is 9.10. The van der Waals surface area contributed by atoms with Gasteiger partial charge >= 0.3 is 0 Å². The van der Waals surface area contributed by atoms with Crippen LogP contribution in [-0.4, -0.2) is 7.11 Å². The maximum Gasteiger partial charge on any atom is 0.124 e. The van der Waals surface area contributed by atoms with Gasteiger partial charge in [0.2, 0.25) is 0 Å². The lowest BCUT2D eigenvalue weighted by atomic mass is 10.2. The summed E-state index contributed by atoms with van der Waals surface area (Å²) in [6.45, 7) is 0. The van der Waals surface area contributed by atoms with E-state index in [0.717, 1.165) is 20.7 Å². The quantitative estimate of drug-likeness (QED) is 0.658. The third-order valence-corrected chi connectivity index (χ3v) is 4.48. The van der Waals surface area contributed by atoms with Gasteiger partial charge in [0.1, 0.15) is 11.6 Å². The average Bonchev–Trinajstić information content (AvgIpc) is 2.39. The Morgan fingerprint density at radius 3 is 2.74 bits per heavy atom. The molecule has 0 aromatic heterocycles. The average molecular weight is 342 g/mol. The molecule has 0 saturated carbocycles. The van der Waals surface area contributed by atoms with Gasteiger partial charge in [-0.25, -0.2) is 4.39 Å². The molecule has 0 aliphatic heterocycles. The van der Waals surface area contributed by atoms with Gasteiger partial charge in [-0.2, -0.15) is 0 Å². The Hall–Kier alpha value is -1.20. The summed E-state index contributed by atoms with van der Waals surface area (Å²) in [4.78, 5) is 0.954. The van der Waals surface area contributed by atoms with Crippen LogP contribution in [0.15, 0.2) is 45.8 Å². The standard InChI is InChI=1S/C14H13BrFNOS/c1-18-11-4-5-13(17)14(7-11)19-8-9-2-3-10(16)6-12(9)15/h2-7H,8,17H2,1H3. The smallest absolute Gasteiger partial charge is 0.124 e. The molecule has 0 saturated heterocycles. The number of rotatable bonds is 4. The number of hydrogen-bond acceptors (Lipinski definition) is 3. The van der Waals surface area contributed by atoms with Crippen molar-refractivity contribution in [3.8, 4) is 5.75 Å². The Kier molecular flexibility index (Phi) is 4.71. The Morgan fingerprint density at radius 1 is 1.26 bits per heavy atom. The summed E-state index contributed by atoms with van der Waals surface area (Å²) in [7, 11) is 1.62. The number of thioether (sulfide) groups is 1. The fourth-order valence-electron chi connectivity index (χ4n) is 1.56. The van der Waals surface area contributed by atoms with Crippen molar-refractivity contribution >= 4 is 33.4 Å². The molecule has 2 rings (SSSR count). The van der Waals surface area contributed by atoms with Crippen LogP contribution in [0.1, 0.15) is 5.56 Å². The predicted octanol–water partition coefficient (Wildman–Crippen LogP) is 4.47. The number of methoxy groups -OCH3 is 1. The van der Waals surface area contributed by atoms with Gasteiger partial charge in [0.05, 0.1) is 7.11 Å². The first-order valence-corrected chi connectivity index (χ1v) is 7.38. The van der Waals surface area contributed by atoms with E-state index in [9.17, 15) is 4.39 Å². The van der Waals surface area contributed by atoms with Crippen LogP contribution in [0.5, 0.6) is 5.75 Å². The fraction of sp³-hybridized carbons (Fsp3) is 0.143. The summed E-state index contributed by atoms with van der Waals surface area (Å²) in [5.41, 5.74) is 7.66. The van der Waals surface area contributed by atoms with E-state index in [4.69, 9.17) is 10.5 Å². The molecule has 2 aromatic rings. The third-order valence-electron chi connectivity index (χ3n) is 2.62. The molecular formula is C14H13BrFNOS. The number of ether oxygens (including phenoxy) is 1. The number of halogens is 2. The summed E-state index contributed by atoms with van der Waals surface area (Å²) in [6, 6.07) is 10.2. The zero-order valence-corrected chi connectivity index (χ0v) is 12.7. The second-order valence-corrected chi connectivity index (χ2v) is 5.80. The first-order valence-electron chi connectivity index (χ1n) is 5.60. The largest absolute Gasteiger partial charge is 0.497 e. The number of nitrogens with two attached hydrogens (primary N) is 1. The van der Waals surface area contributed by atoms with Crippen molar-refractivity contribution in [3.63, 3.8) is 0 Å². The molecule has 5 heteroatoms. The maximum absolute atomic E-state index is 13.0. The molecule has 0 amide bonds. The van der Waals surface area contributed by atoms with Gasteiger partial charge < -0.3 is 10.5 Å². The SMILES string of the molecule is COc1ccc(N)c(SCc2ccc(F)cc2Br)c1. The zero-order chi connectivity index (χ0) is 13.8. The Bertz CT molecular complexity index is 592. The molecule has 19 heavy (non-hydrogen) atoms. The van der Waals surface area contributed by atoms with Crippen LogP contribution in [-0.2, 0) is 5.75 Å². The summed E-state index contributed by atoms with van der Waals surface area (Å²) in [5, 5.41) is 0. The highest BCUT2D eigenvalue weighted by Crippen LogP contribution is 2.33. The molecule has 0 atom stereocenters. The van der Waals surface area contributed by atoms with Crippen molar-refractivity contribution in [2.75, 3.05) is 12.8 Å². The summed E-state index contributed by atoms with van der Waals surface area (Å²) < 4.78 is 18.9. The van der Waals surface area contributed by atoms with Crippen LogP contribution in [0.3, 0.4) is 0 Å². The minimum Gasteiger partial charge on any atom is -0.497 e. The number of nitrogen functional groups attached to an aromatic ring is 1. The van der Waals surface area contributed by atoms with E-state index < -0.39 is 0 Å². The molecule has 0 spiro atoms. The molecule has 100 valence electrons. The van der Waals surface area contributed by atoms with Crippen molar-refractivity contribution in [3.05, 3.63) is 52.3 Å². The van der Waals surface area contributed by atoms with Crippen LogP contribution in [0, 0.1) is 5.82 Å². The van der Waals surface area contributed by atoms with Crippen molar-refractivity contribution in [2.24, 2.45) is 0 Å². The van der Waals surface area contributed by atoms with Crippen molar-refractivity contribution in [2.45, 2.75) is 10.6 Å². The van der Waals surface area contributed by atoms with Gasteiger partial charge in [0.15, 0.2) is 0 Å². The highest BCUT2D eigenvalue weighted by Gasteiger charge is 2.06. The third kappa shape index (κ3) is 3.64. The Morgan fingerprint density at radius 2 is 2.05 bits per heavy atom. The first kappa shape index (κ1) is 14.2. The zero-order valence-electron chi connectivity index (χ0n) is 10.3. The topological polar surface area (TPSA) is 35.2 Å². The van der Waals surface area contributed by atoms with Gasteiger partial charge in [-0.05, 0) is 35.9 Å². The molecule has 0 aliphatic rings. The summed E-state index contributed by atoms with van der Waals surface area (Å²) in [6.07, 6.45) is 0. The van der Waals surface area contributed by atoms with Crippen molar-refractivity contribution in [1.82, 2.24) is 0 Å². The summed E-state index contributed by atoms with van der Waals surface area (Å²) >= 11 is 4.95. The lowest BCUT2D eigenvalue weighted by Crippen LogP contribution is -1.91. The van der Waals surface area contributed by atoms with Crippen LogP contribution in [0.4, 0.5) is 10.1 Å². The van der Waals surface area contributed by atoms with E-state index in [1.807, 2.05) is 18.2 Å². The predicted molar refractivity (Wildman–Crippen MR) is 81.1 cm³/mol. The van der Waals surface area contributed by atoms with E-state index in [1.165, 1.54) is 12.1 Å². The van der Waals surface area contributed by atoms with Crippen LogP contribution < -0.4 is 10.5 Å². The molecule has 0 bridgehead atoms. The molecule has 0 unspecified atom stereocenters. The molecule has 2 nitrogen and oxygen atoms in total. The molecule has 2 N–H and O–H groups in total. The van der Waals surface area contributed by atoms with Crippen LogP contribution in [0.25, 0.3) is 0 Å². The van der Waals surface area contributed by atoms with E-state index in [1.54, 1.807) is 24.9 Å². The van der Waals surface area contributed by atoms with Gasteiger partial charge in [-0.1, -0.05) is 22.0 Å². The van der Waals surface area contributed by atoms with Gasteiger partial charge in [-0.15, -0.1) is 11.8 Å². The molecule has 2 aromatic carbocycles. The lowest BCUT2D eigenvalue weighted by Gasteiger charge is -2.09. The van der Waals surface area contributed by atoms with E-state index in [-0.39, 0.29) is 5.82 Å². The Labute approximate surface area is 124 Å². The number of anilines is 1. The van der Waals surface area contributed by atoms with Crippen molar-refractivity contribution < 1.29 is 9.13 Å².